The normalized spacial score (nSPS) is 20.6. The van der Waals surface area contributed by atoms with Crippen LogP contribution >= 0.6 is 0 Å². The minimum Gasteiger partial charge on any atom is -0.300 e. The molecule has 1 aromatic carbocycles. The molecule has 1 fully saturated rings. The van der Waals surface area contributed by atoms with Crippen LogP contribution in [0.15, 0.2) is 42.6 Å². The van der Waals surface area contributed by atoms with Gasteiger partial charge in [0, 0.05) is 12.1 Å². The molecule has 0 radical (unpaired) electrons. The first-order chi connectivity index (χ1) is 11.4. The molecule has 3 heteroatoms. The highest BCUT2D eigenvalue weighted by atomic mass is 15.3. The topological polar surface area (TPSA) is 21.1 Å². The molecule has 0 atom stereocenters. The average Bonchev–Trinajstić information content (AvgIpc) is 3.06. The molecule has 120 valence electrons. The quantitative estimate of drug-likeness (QED) is 0.852. The van der Waals surface area contributed by atoms with Gasteiger partial charge in [0.25, 0.3) is 0 Å². The lowest BCUT2D eigenvalue weighted by atomic mass is 9.92. The molecule has 1 aromatic heterocycles. The Hall–Kier alpha value is -1.87. The van der Waals surface area contributed by atoms with E-state index in [0.717, 1.165) is 13.0 Å². The van der Waals surface area contributed by atoms with Crippen LogP contribution in [-0.2, 0) is 6.42 Å². The van der Waals surface area contributed by atoms with Crippen LogP contribution in [0.2, 0.25) is 0 Å². The zero-order valence-corrected chi connectivity index (χ0v) is 13.7. The summed E-state index contributed by atoms with van der Waals surface area (Å²) in [5.41, 5.74) is 5.43. The standard InChI is InChI=1S/C20H25N3/c1-3-9-18(10-4-1)23-20-11-7-8-17(19(20)16-21-23)12-15-22-13-5-2-6-14-22/h1,3-4,9-10,12,16H,2,5-8,11,13-15H2/b17-12-. The number of nitrogens with zero attached hydrogens (tertiary/aromatic N) is 3. The van der Waals surface area contributed by atoms with E-state index in [1.807, 2.05) is 0 Å². The van der Waals surface area contributed by atoms with E-state index in [1.54, 1.807) is 0 Å². The maximum absolute atomic E-state index is 4.68. The molecule has 0 amide bonds. The summed E-state index contributed by atoms with van der Waals surface area (Å²) in [6.45, 7) is 3.63. The number of aromatic nitrogens is 2. The van der Waals surface area contributed by atoms with Gasteiger partial charge in [-0.3, -0.25) is 4.90 Å². The van der Waals surface area contributed by atoms with Gasteiger partial charge in [0.15, 0.2) is 0 Å². The second kappa shape index (κ2) is 6.71. The molecule has 1 saturated heterocycles. The van der Waals surface area contributed by atoms with Crippen molar-refractivity contribution in [3.63, 3.8) is 0 Å². The van der Waals surface area contributed by atoms with Crippen LogP contribution in [0.25, 0.3) is 11.3 Å². The van der Waals surface area contributed by atoms with Crippen molar-refractivity contribution in [1.82, 2.24) is 14.7 Å². The molecule has 0 spiro atoms. The average molecular weight is 307 g/mol. The van der Waals surface area contributed by atoms with Gasteiger partial charge in [0.1, 0.15) is 0 Å². The van der Waals surface area contributed by atoms with E-state index in [9.17, 15) is 0 Å². The van der Waals surface area contributed by atoms with Crippen molar-refractivity contribution < 1.29 is 0 Å². The number of piperidine rings is 1. The van der Waals surface area contributed by atoms with Gasteiger partial charge in [0.2, 0.25) is 0 Å². The third kappa shape index (κ3) is 3.11. The van der Waals surface area contributed by atoms with Crippen LogP contribution in [0.3, 0.4) is 0 Å². The molecule has 2 aromatic rings. The summed E-state index contributed by atoms with van der Waals surface area (Å²) in [7, 11) is 0. The minimum absolute atomic E-state index is 1.10. The summed E-state index contributed by atoms with van der Waals surface area (Å²) in [4.78, 5) is 2.59. The third-order valence-corrected chi connectivity index (χ3v) is 5.12. The fraction of sp³-hybridized carbons (Fsp3) is 0.450. The van der Waals surface area contributed by atoms with Crippen LogP contribution in [0.4, 0.5) is 0 Å². The highest BCUT2D eigenvalue weighted by Crippen LogP contribution is 2.32. The van der Waals surface area contributed by atoms with Crippen molar-refractivity contribution in [2.24, 2.45) is 0 Å². The number of hydrogen-bond donors (Lipinski definition) is 0. The van der Waals surface area contributed by atoms with E-state index in [4.69, 9.17) is 0 Å². The highest BCUT2D eigenvalue weighted by molar-refractivity contribution is 5.69. The van der Waals surface area contributed by atoms with Gasteiger partial charge in [-0.15, -0.1) is 0 Å². The van der Waals surface area contributed by atoms with Gasteiger partial charge in [-0.1, -0.05) is 30.7 Å². The number of hydrogen-bond acceptors (Lipinski definition) is 2. The maximum atomic E-state index is 4.68. The van der Waals surface area contributed by atoms with Crippen molar-refractivity contribution in [2.45, 2.75) is 38.5 Å². The summed E-state index contributed by atoms with van der Waals surface area (Å²) in [6.07, 6.45) is 12.2. The zero-order chi connectivity index (χ0) is 15.5. The van der Waals surface area contributed by atoms with E-state index in [1.165, 1.54) is 67.7 Å². The summed E-state index contributed by atoms with van der Waals surface area (Å²) in [6, 6.07) is 10.5. The molecule has 3 nitrogen and oxygen atoms in total. The van der Waals surface area contributed by atoms with Crippen molar-refractivity contribution >= 4 is 5.57 Å². The van der Waals surface area contributed by atoms with Crippen LogP contribution < -0.4 is 0 Å². The number of likely N-dealkylation sites (tertiary alicyclic amines) is 1. The minimum atomic E-state index is 1.10. The van der Waals surface area contributed by atoms with Gasteiger partial charge in [0.05, 0.1) is 17.6 Å². The predicted molar refractivity (Wildman–Crippen MR) is 94.8 cm³/mol. The first kappa shape index (κ1) is 14.7. The first-order valence-electron chi connectivity index (χ1n) is 8.96. The predicted octanol–water partition coefficient (Wildman–Crippen LogP) is 4.08. The summed E-state index contributed by atoms with van der Waals surface area (Å²) < 4.78 is 2.13. The van der Waals surface area contributed by atoms with Gasteiger partial charge in [-0.25, -0.2) is 4.68 Å². The van der Waals surface area contributed by atoms with Gasteiger partial charge >= 0.3 is 0 Å². The number of benzene rings is 1. The molecule has 2 heterocycles. The van der Waals surface area contributed by atoms with Crippen molar-refractivity contribution in [3.8, 4) is 5.69 Å². The number of rotatable bonds is 3. The van der Waals surface area contributed by atoms with Gasteiger partial charge in [-0.05, 0) is 62.9 Å². The molecule has 0 N–H and O–H groups in total. The molecule has 0 bridgehead atoms. The van der Waals surface area contributed by atoms with E-state index in [0.29, 0.717) is 0 Å². The number of allylic oxidation sites excluding steroid dienone is 1. The van der Waals surface area contributed by atoms with Gasteiger partial charge < -0.3 is 0 Å². The molecule has 2 aliphatic rings. The fourth-order valence-electron chi connectivity index (χ4n) is 3.85. The van der Waals surface area contributed by atoms with Crippen LogP contribution in [0.5, 0.6) is 0 Å². The summed E-state index contributed by atoms with van der Waals surface area (Å²) in [5, 5.41) is 4.68. The van der Waals surface area contributed by atoms with E-state index in [2.05, 4.69) is 57.3 Å². The molecule has 23 heavy (non-hydrogen) atoms. The lowest BCUT2D eigenvalue weighted by Gasteiger charge is -2.26. The van der Waals surface area contributed by atoms with E-state index >= 15 is 0 Å². The fourth-order valence-corrected chi connectivity index (χ4v) is 3.85. The molecular weight excluding hydrogens is 282 g/mol. The lowest BCUT2D eigenvalue weighted by Crippen LogP contribution is -2.29. The van der Waals surface area contributed by atoms with Crippen molar-refractivity contribution in [1.29, 1.82) is 0 Å². The molecule has 1 aliphatic heterocycles. The Kier molecular flexibility index (Phi) is 4.29. The summed E-state index contributed by atoms with van der Waals surface area (Å²) >= 11 is 0. The Morgan fingerprint density at radius 1 is 0.957 bits per heavy atom. The van der Waals surface area contributed by atoms with Crippen LogP contribution in [-0.4, -0.2) is 34.3 Å². The largest absolute Gasteiger partial charge is 0.300 e. The molecule has 0 saturated carbocycles. The Balaban J connectivity index is 1.58. The molecule has 0 unspecified atom stereocenters. The molecule has 4 rings (SSSR count). The van der Waals surface area contributed by atoms with Crippen molar-refractivity contribution in [2.75, 3.05) is 19.6 Å². The van der Waals surface area contributed by atoms with Crippen LogP contribution in [0, 0.1) is 0 Å². The Bertz CT molecular complexity index is 678. The number of fused-ring (bicyclic) bond motifs is 1. The van der Waals surface area contributed by atoms with E-state index < -0.39 is 0 Å². The zero-order valence-electron chi connectivity index (χ0n) is 13.7. The second-order valence-corrected chi connectivity index (χ2v) is 6.70. The van der Waals surface area contributed by atoms with Crippen LogP contribution in [0.1, 0.15) is 43.4 Å². The lowest BCUT2D eigenvalue weighted by molar-refractivity contribution is 0.251. The summed E-state index contributed by atoms with van der Waals surface area (Å²) in [5.74, 6) is 0. The maximum Gasteiger partial charge on any atom is 0.0649 e. The smallest absolute Gasteiger partial charge is 0.0649 e. The van der Waals surface area contributed by atoms with Gasteiger partial charge in [-0.2, -0.15) is 5.10 Å². The monoisotopic (exact) mass is 307 g/mol. The Labute approximate surface area is 138 Å². The number of para-hydroxylation sites is 1. The second-order valence-electron chi connectivity index (χ2n) is 6.70. The first-order valence-corrected chi connectivity index (χ1v) is 8.96. The molecule has 1 aliphatic carbocycles. The molecular formula is C20H25N3. The SMILES string of the molecule is C(/CN1CCCCC1)=C1\CCCc2c1cnn2-c1ccccc1. The Morgan fingerprint density at radius 3 is 2.61 bits per heavy atom. The third-order valence-electron chi connectivity index (χ3n) is 5.12. The Morgan fingerprint density at radius 2 is 1.78 bits per heavy atom. The van der Waals surface area contributed by atoms with Crippen molar-refractivity contribution in [3.05, 3.63) is 53.9 Å². The van der Waals surface area contributed by atoms with E-state index in [-0.39, 0.29) is 0 Å². The highest BCUT2D eigenvalue weighted by Gasteiger charge is 2.20.